The molecule has 0 atom stereocenters. The molecule has 0 heterocycles. The lowest BCUT2D eigenvalue weighted by Crippen LogP contribution is -2.22. The van der Waals surface area contributed by atoms with Crippen molar-refractivity contribution in [2.24, 2.45) is 0 Å². The first-order valence-corrected chi connectivity index (χ1v) is 8.70. The van der Waals surface area contributed by atoms with E-state index >= 15 is 0 Å². The molecule has 0 aliphatic heterocycles. The average molecular weight is 388 g/mol. The van der Waals surface area contributed by atoms with E-state index < -0.39 is 30.2 Å². The molecule has 0 fully saturated rings. The average Bonchev–Trinajstić information content (AvgIpc) is 2.68. The van der Waals surface area contributed by atoms with Gasteiger partial charge in [0.25, 0.3) is 5.91 Å². The second-order valence-electron chi connectivity index (χ2n) is 5.69. The summed E-state index contributed by atoms with van der Waals surface area (Å²) in [6, 6.07) is 12.2. The number of amides is 2. The van der Waals surface area contributed by atoms with Gasteiger partial charge in [-0.1, -0.05) is 12.1 Å². The van der Waals surface area contributed by atoms with Crippen LogP contribution in [-0.4, -0.2) is 31.0 Å². The van der Waals surface area contributed by atoms with Gasteiger partial charge >= 0.3 is 5.97 Å². The van der Waals surface area contributed by atoms with E-state index in [2.05, 4.69) is 10.6 Å². The number of hydrogen-bond donors (Lipinski definition) is 2. The van der Waals surface area contributed by atoms with Crippen LogP contribution in [0.5, 0.6) is 5.75 Å². The molecule has 0 unspecified atom stereocenters. The van der Waals surface area contributed by atoms with Crippen molar-refractivity contribution in [1.82, 2.24) is 0 Å². The molecule has 0 aliphatic carbocycles. The number of para-hydroxylation sites is 2. The third kappa shape index (κ3) is 7.06. The number of anilines is 2. The monoisotopic (exact) mass is 388 g/mol. The zero-order chi connectivity index (χ0) is 20.4. The van der Waals surface area contributed by atoms with Crippen molar-refractivity contribution < 1.29 is 28.2 Å². The van der Waals surface area contributed by atoms with E-state index in [1.807, 2.05) is 6.92 Å². The Morgan fingerprint density at radius 1 is 0.929 bits per heavy atom. The highest BCUT2D eigenvalue weighted by atomic mass is 19.1. The Balaban J connectivity index is 1.71. The molecule has 0 aromatic heterocycles. The summed E-state index contributed by atoms with van der Waals surface area (Å²) in [4.78, 5) is 35.4. The van der Waals surface area contributed by atoms with Gasteiger partial charge in [-0.3, -0.25) is 14.4 Å². The van der Waals surface area contributed by atoms with Gasteiger partial charge in [0.2, 0.25) is 5.91 Å². The van der Waals surface area contributed by atoms with Crippen molar-refractivity contribution in [3.8, 4) is 5.75 Å². The molecule has 2 rings (SSSR count). The molecule has 0 radical (unpaired) electrons. The highest BCUT2D eigenvalue weighted by Gasteiger charge is 2.12. The van der Waals surface area contributed by atoms with Gasteiger partial charge in [0.1, 0.15) is 11.6 Å². The van der Waals surface area contributed by atoms with Crippen LogP contribution >= 0.6 is 0 Å². The Labute approximate surface area is 161 Å². The number of hydrogen-bond acceptors (Lipinski definition) is 5. The molecule has 0 bridgehead atoms. The third-order valence-corrected chi connectivity index (χ3v) is 3.51. The van der Waals surface area contributed by atoms with Crippen molar-refractivity contribution in [3.63, 3.8) is 0 Å². The first kappa shape index (κ1) is 20.9. The maximum atomic E-state index is 12.8. The molecule has 0 spiro atoms. The van der Waals surface area contributed by atoms with E-state index in [4.69, 9.17) is 9.47 Å². The molecule has 2 aromatic rings. The maximum Gasteiger partial charge on any atom is 0.306 e. The van der Waals surface area contributed by atoms with Gasteiger partial charge in [0, 0.05) is 12.1 Å². The molecule has 28 heavy (non-hydrogen) atoms. The van der Waals surface area contributed by atoms with Crippen LogP contribution in [0.25, 0.3) is 0 Å². The molecular formula is C20H21FN2O5. The summed E-state index contributed by atoms with van der Waals surface area (Å²) in [6.07, 6.45) is -0.305. The van der Waals surface area contributed by atoms with Crippen LogP contribution in [0.4, 0.5) is 15.8 Å². The number of rotatable bonds is 9. The second-order valence-corrected chi connectivity index (χ2v) is 5.69. The predicted molar refractivity (Wildman–Crippen MR) is 101 cm³/mol. The highest BCUT2D eigenvalue weighted by Crippen LogP contribution is 2.23. The van der Waals surface area contributed by atoms with Gasteiger partial charge in [-0.15, -0.1) is 0 Å². The topological polar surface area (TPSA) is 93.7 Å². The van der Waals surface area contributed by atoms with Gasteiger partial charge in [-0.2, -0.15) is 0 Å². The number of esters is 1. The van der Waals surface area contributed by atoms with Crippen molar-refractivity contribution in [3.05, 3.63) is 54.3 Å². The number of halogens is 1. The minimum Gasteiger partial charge on any atom is -0.492 e. The molecule has 2 amide bonds. The number of ether oxygens (including phenoxy) is 2. The first-order valence-electron chi connectivity index (χ1n) is 8.70. The molecule has 2 N–H and O–H groups in total. The molecule has 0 aliphatic rings. The van der Waals surface area contributed by atoms with Crippen LogP contribution in [0.1, 0.15) is 19.8 Å². The Hall–Kier alpha value is -3.42. The lowest BCUT2D eigenvalue weighted by Gasteiger charge is -2.11. The van der Waals surface area contributed by atoms with Crippen molar-refractivity contribution >= 4 is 29.2 Å². The summed E-state index contributed by atoms with van der Waals surface area (Å²) in [5.74, 6) is -1.51. The van der Waals surface area contributed by atoms with E-state index in [1.165, 1.54) is 24.3 Å². The maximum absolute atomic E-state index is 12.8. The smallest absolute Gasteiger partial charge is 0.306 e. The Bertz CT molecular complexity index is 824. The largest absolute Gasteiger partial charge is 0.492 e. The fourth-order valence-electron chi connectivity index (χ4n) is 2.23. The van der Waals surface area contributed by atoms with Crippen LogP contribution in [0.2, 0.25) is 0 Å². The van der Waals surface area contributed by atoms with E-state index in [9.17, 15) is 18.8 Å². The molecule has 2 aromatic carbocycles. The quantitative estimate of drug-likeness (QED) is 0.644. The van der Waals surface area contributed by atoms with Gasteiger partial charge in [-0.05, 0) is 43.3 Å². The summed E-state index contributed by atoms with van der Waals surface area (Å²) in [6.45, 7) is 1.80. The third-order valence-electron chi connectivity index (χ3n) is 3.51. The number of carbonyl (C=O) groups excluding carboxylic acids is 3. The SMILES string of the molecule is CCOc1ccccc1NC(=O)COC(=O)CCC(=O)Nc1ccc(F)cc1. The number of benzene rings is 2. The molecule has 148 valence electrons. The van der Waals surface area contributed by atoms with Crippen LogP contribution in [0.15, 0.2) is 48.5 Å². The fraction of sp³-hybridized carbons (Fsp3) is 0.250. The van der Waals surface area contributed by atoms with Crippen molar-refractivity contribution in [2.75, 3.05) is 23.8 Å². The summed E-state index contributed by atoms with van der Waals surface area (Å²) in [7, 11) is 0. The minimum absolute atomic E-state index is 0.120. The van der Waals surface area contributed by atoms with E-state index in [1.54, 1.807) is 24.3 Å². The Kier molecular flexibility index (Phi) is 7.95. The van der Waals surface area contributed by atoms with Gasteiger partial charge in [0.05, 0.1) is 18.7 Å². The van der Waals surface area contributed by atoms with Gasteiger partial charge in [0.15, 0.2) is 6.61 Å². The Morgan fingerprint density at radius 3 is 2.36 bits per heavy atom. The summed E-state index contributed by atoms with van der Waals surface area (Å²) in [5, 5.41) is 5.14. The van der Waals surface area contributed by atoms with Crippen molar-refractivity contribution in [1.29, 1.82) is 0 Å². The first-order chi connectivity index (χ1) is 13.5. The molecule has 8 heteroatoms. The lowest BCUT2D eigenvalue weighted by molar-refractivity contribution is -0.147. The van der Waals surface area contributed by atoms with Crippen LogP contribution in [0.3, 0.4) is 0 Å². The molecule has 0 saturated carbocycles. The van der Waals surface area contributed by atoms with E-state index in [0.29, 0.717) is 23.7 Å². The Morgan fingerprint density at radius 2 is 1.64 bits per heavy atom. The normalized spacial score (nSPS) is 10.1. The van der Waals surface area contributed by atoms with Crippen molar-refractivity contribution in [2.45, 2.75) is 19.8 Å². The minimum atomic E-state index is -0.678. The van der Waals surface area contributed by atoms with Crippen LogP contribution in [-0.2, 0) is 19.1 Å². The standard InChI is InChI=1S/C20H21FN2O5/c1-2-27-17-6-4-3-5-16(17)23-19(25)13-28-20(26)12-11-18(24)22-15-9-7-14(21)8-10-15/h3-10H,2,11-13H2,1H3,(H,22,24)(H,23,25). The van der Waals surface area contributed by atoms with Crippen LogP contribution < -0.4 is 15.4 Å². The van der Waals surface area contributed by atoms with E-state index in [-0.39, 0.29) is 12.8 Å². The van der Waals surface area contributed by atoms with Crippen LogP contribution in [0, 0.1) is 5.82 Å². The second kappa shape index (κ2) is 10.7. The lowest BCUT2D eigenvalue weighted by atomic mass is 10.2. The molecular weight excluding hydrogens is 367 g/mol. The van der Waals surface area contributed by atoms with Gasteiger partial charge in [-0.25, -0.2) is 4.39 Å². The molecule has 0 saturated heterocycles. The molecule has 7 nitrogen and oxygen atoms in total. The van der Waals surface area contributed by atoms with E-state index in [0.717, 1.165) is 0 Å². The summed E-state index contributed by atoms with van der Waals surface area (Å²) < 4.78 is 23.1. The van der Waals surface area contributed by atoms with Gasteiger partial charge < -0.3 is 20.1 Å². The highest BCUT2D eigenvalue weighted by molar-refractivity contribution is 5.95. The zero-order valence-corrected chi connectivity index (χ0v) is 15.4. The zero-order valence-electron chi connectivity index (χ0n) is 15.4. The fourth-order valence-corrected chi connectivity index (χ4v) is 2.23. The number of carbonyl (C=O) groups is 3. The predicted octanol–water partition coefficient (Wildman–Crippen LogP) is 3.13. The summed E-state index contributed by atoms with van der Waals surface area (Å²) >= 11 is 0. The summed E-state index contributed by atoms with van der Waals surface area (Å²) in [5.41, 5.74) is 0.899. The number of nitrogens with one attached hydrogen (secondary N) is 2.